The van der Waals surface area contributed by atoms with Crippen LogP contribution < -0.4 is 5.32 Å². The Balaban J connectivity index is 1.64. The summed E-state index contributed by atoms with van der Waals surface area (Å²) in [4.78, 5) is 12.7. The van der Waals surface area contributed by atoms with Crippen LogP contribution in [0.1, 0.15) is 40.1 Å². The minimum Gasteiger partial charge on any atom is -0.348 e. The van der Waals surface area contributed by atoms with Gasteiger partial charge in [-0.15, -0.1) is 11.3 Å². The minimum absolute atomic E-state index is 0.0698. The molecular formula is C18H15FN2OS. The van der Waals surface area contributed by atoms with Crippen molar-refractivity contribution < 1.29 is 9.18 Å². The van der Waals surface area contributed by atoms with Crippen molar-refractivity contribution in [1.82, 2.24) is 5.32 Å². The first kappa shape index (κ1) is 15.4. The van der Waals surface area contributed by atoms with Crippen LogP contribution in [0, 0.1) is 17.1 Å². The lowest BCUT2D eigenvalue weighted by Gasteiger charge is -2.23. The lowest BCUT2D eigenvalue weighted by Crippen LogP contribution is -2.35. The van der Waals surface area contributed by atoms with Crippen LogP contribution in [-0.4, -0.2) is 11.9 Å². The number of nitrogens with one attached hydrogen (secondary N) is 1. The van der Waals surface area contributed by atoms with Gasteiger partial charge in [-0.2, -0.15) is 5.26 Å². The van der Waals surface area contributed by atoms with E-state index in [0.29, 0.717) is 10.4 Å². The van der Waals surface area contributed by atoms with Gasteiger partial charge in [-0.1, -0.05) is 18.2 Å². The number of nitrogens with zero attached hydrogens (tertiary/aromatic N) is 1. The molecule has 0 saturated heterocycles. The van der Waals surface area contributed by atoms with E-state index in [9.17, 15) is 9.18 Å². The molecular weight excluding hydrogens is 311 g/mol. The number of halogens is 1. The molecule has 0 radical (unpaired) electrons. The second-order valence-electron chi connectivity index (χ2n) is 5.46. The molecule has 0 saturated carbocycles. The fourth-order valence-corrected chi connectivity index (χ4v) is 3.46. The number of nitriles is 1. The Kier molecular flexibility index (Phi) is 4.54. The predicted molar refractivity (Wildman–Crippen MR) is 88.5 cm³/mol. The average molecular weight is 326 g/mol. The summed E-state index contributed by atoms with van der Waals surface area (Å²) in [5, 5.41) is 13.7. The Morgan fingerprint density at radius 1 is 1.30 bits per heavy atom. The largest absolute Gasteiger partial charge is 0.348 e. The fraction of sp³-hybridized carbons (Fsp3) is 0.222. The number of hydrogen-bond acceptors (Lipinski definition) is 3. The first-order chi connectivity index (χ1) is 11.2. The molecule has 0 bridgehead atoms. The van der Waals surface area contributed by atoms with Crippen LogP contribution in [0.5, 0.6) is 0 Å². The van der Waals surface area contributed by atoms with Crippen molar-refractivity contribution in [2.75, 3.05) is 0 Å². The maximum absolute atomic E-state index is 13.0. The summed E-state index contributed by atoms with van der Waals surface area (Å²) in [7, 11) is 0. The van der Waals surface area contributed by atoms with Gasteiger partial charge in [0.25, 0.3) is 5.91 Å². The number of hydrogen-bond donors (Lipinski definition) is 1. The van der Waals surface area contributed by atoms with E-state index in [2.05, 4.69) is 11.4 Å². The van der Waals surface area contributed by atoms with Gasteiger partial charge in [-0.05, 0) is 54.0 Å². The van der Waals surface area contributed by atoms with Crippen molar-refractivity contribution >= 4 is 22.8 Å². The smallest absolute Gasteiger partial charge is 0.262 e. The summed E-state index contributed by atoms with van der Waals surface area (Å²) >= 11 is 1.28. The zero-order valence-electron chi connectivity index (χ0n) is 12.4. The van der Waals surface area contributed by atoms with E-state index >= 15 is 0 Å². The standard InChI is InChI=1S/C18H15FN2OS/c19-15-5-1-12(2-6-15)13-3-7-16(8-4-13)21-18(22)17-14(11-20)9-10-23-17/h1-3,5-6,9-10,16H,4,7-8H2,(H,21,22). The maximum Gasteiger partial charge on any atom is 0.262 e. The van der Waals surface area contributed by atoms with Gasteiger partial charge >= 0.3 is 0 Å². The molecule has 3 rings (SSSR count). The zero-order chi connectivity index (χ0) is 16.2. The monoisotopic (exact) mass is 326 g/mol. The third-order valence-corrected chi connectivity index (χ3v) is 4.87. The molecule has 1 aliphatic rings. The Morgan fingerprint density at radius 2 is 2.09 bits per heavy atom. The summed E-state index contributed by atoms with van der Waals surface area (Å²) in [6.07, 6.45) is 4.52. The number of benzene rings is 1. The van der Waals surface area contributed by atoms with Crippen molar-refractivity contribution in [3.8, 4) is 6.07 Å². The highest BCUT2D eigenvalue weighted by Gasteiger charge is 2.20. The molecule has 1 heterocycles. The number of carbonyl (C=O) groups is 1. The fourth-order valence-electron chi connectivity index (χ4n) is 2.72. The van der Waals surface area contributed by atoms with Gasteiger partial charge in [0.15, 0.2) is 0 Å². The van der Waals surface area contributed by atoms with E-state index in [-0.39, 0.29) is 17.8 Å². The summed E-state index contributed by atoms with van der Waals surface area (Å²) < 4.78 is 13.0. The topological polar surface area (TPSA) is 52.9 Å². The molecule has 1 aliphatic carbocycles. The molecule has 0 fully saturated rings. The van der Waals surface area contributed by atoms with Gasteiger partial charge in [0.2, 0.25) is 0 Å². The Hall–Kier alpha value is -2.45. The van der Waals surface area contributed by atoms with Crippen LogP contribution >= 0.6 is 11.3 Å². The highest BCUT2D eigenvalue weighted by atomic mass is 32.1. The molecule has 23 heavy (non-hydrogen) atoms. The highest BCUT2D eigenvalue weighted by Crippen LogP contribution is 2.27. The number of thiophene rings is 1. The van der Waals surface area contributed by atoms with Gasteiger partial charge in [-0.25, -0.2) is 4.39 Å². The van der Waals surface area contributed by atoms with Gasteiger partial charge in [0.05, 0.1) is 5.56 Å². The number of carbonyl (C=O) groups excluding carboxylic acids is 1. The highest BCUT2D eigenvalue weighted by molar-refractivity contribution is 7.12. The first-order valence-corrected chi connectivity index (χ1v) is 8.29. The number of amides is 1. The van der Waals surface area contributed by atoms with Gasteiger partial charge in [0.1, 0.15) is 16.8 Å². The molecule has 0 spiro atoms. The van der Waals surface area contributed by atoms with Crippen molar-refractivity contribution in [2.45, 2.75) is 25.3 Å². The molecule has 1 amide bonds. The third-order valence-electron chi connectivity index (χ3n) is 3.95. The van der Waals surface area contributed by atoms with Crippen molar-refractivity contribution in [1.29, 1.82) is 5.26 Å². The van der Waals surface area contributed by atoms with Gasteiger partial charge < -0.3 is 5.32 Å². The van der Waals surface area contributed by atoms with Crippen molar-refractivity contribution in [2.24, 2.45) is 0 Å². The summed E-state index contributed by atoms with van der Waals surface area (Å²) in [6, 6.07) is 10.3. The van der Waals surface area contributed by atoms with Crippen molar-refractivity contribution in [3.05, 3.63) is 63.6 Å². The second-order valence-corrected chi connectivity index (χ2v) is 6.37. The Morgan fingerprint density at radius 3 is 2.74 bits per heavy atom. The minimum atomic E-state index is -0.237. The number of rotatable bonds is 3. The Labute approximate surface area is 138 Å². The molecule has 1 unspecified atom stereocenters. The van der Waals surface area contributed by atoms with Crippen LogP contribution in [-0.2, 0) is 0 Å². The first-order valence-electron chi connectivity index (χ1n) is 7.41. The lowest BCUT2D eigenvalue weighted by molar-refractivity contribution is 0.0939. The SMILES string of the molecule is N#Cc1ccsc1C(=O)NC1CC=C(c2ccc(F)cc2)CC1. The van der Waals surface area contributed by atoms with Crippen LogP contribution in [0.25, 0.3) is 5.57 Å². The molecule has 1 N–H and O–H groups in total. The van der Waals surface area contributed by atoms with Gasteiger partial charge in [0, 0.05) is 6.04 Å². The van der Waals surface area contributed by atoms with E-state index in [4.69, 9.17) is 5.26 Å². The van der Waals surface area contributed by atoms with E-state index < -0.39 is 0 Å². The van der Waals surface area contributed by atoms with Crippen LogP contribution in [0.3, 0.4) is 0 Å². The summed E-state index contributed by atoms with van der Waals surface area (Å²) in [5.74, 6) is -0.417. The average Bonchev–Trinajstić information content (AvgIpc) is 3.05. The molecule has 116 valence electrons. The molecule has 2 aromatic rings. The second kappa shape index (κ2) is 6.76. The van der Waals surface area contributed by atoms with Crippen LogP contribution in [0.15, 0.2) is 41.8 Å². The molecule has 1 aromatic heterocycles. The third kappa shape index (κ3) is 3.49. The quantitative estimate of drug-likeness (QED) is 0.922. The molecule has 1 atom stereocenters. The summed E-state index contributed by atoms with van der Waals surface area (Å²) in [5.41, 5.74) is 2.64. The normalized spacial score (nSPS) is 17.2. The van der Waals surface area contributed by atoms with Gasteiger partial charge in [-0.3, -0.25) is 4.79 Å². The lowest BCUT2D eigenvalue weighted by atomic mass is 9.90. The van der Waals surface area contributed by atoms with E-state index in [0.717, 1.165) is 24.8 Å². The van der Waals surface area contributed by atoms with E-state index in [1.165, 1.54) is 29.0 Å². The van der Waals surface area contributed by atoms with E-state index in [1.54, 1.807) is 23.6 Å². The number of allylic oxidation sites excluding steroid dienone is 1. The zero-order valence-corrected chi connectivity index (χ0v) is 13.2. The maximum atomic E-state index is 13.0. The molecule has 0 aliphatic heterocycles. The molecule has 3 nitrogen and oxygen atoms in total. The molecule has 1 aromatic carbocycles. The van der Waals surface area contributed by atoms with Crippen LogP contribution in [0.4, 0.5) is 4.39 Å². The van der Waals surface area contributed by atoms with Crippen LogP contribution in [0.2, 0.25) is 0 Å². The summed E-state index contributed by atoms with van der Waals surface area (Å²) in [6.45, 7) is 0. The van der Waals surface area contributed by atoms with Crippen molar-refractivity contribution in [3.63, 3.8) is 0 Å². The predicted octanol–water partition coefficient (Wildman–Crippen LogP) is 4.12. The van der Waals surface area contributed by atoms with E-state index in [1.807, 2.05) is 6.07 Å². The molecule has 5 heteroatoms. The Bertz CT molecular complexity index is 786.